The van der Waals surface area contributed by atoms with Crippen molar-refractivity contribution in [2.24, 2.45) is 23.7 Å². The van der Waals surface area contributed by atoms with Gasteiger partial charge in [-0.25, -0.2) is 0 Å². The first kappa shape index (κ1) is 12.6. The SMILES string of the molecule is O=C1[C@@H]2[C@H](C(=O)N1c1ccc(N([O-])O)cc1)[C@@H]1C=C[C@@H]2C1. The first-order valence-corrected chi connectivity index (χ1v) is 6.90. The van der Waals surface area contributed by atoms with E-state index in [9.17, 15) is 14.8 Å². The Bertz CT molecular complexity index is 622. The topological polar surface area (TPSA) is 83.9 Å². The summed E-state index contributed by atoms with van der Waals surface area (Å²) < 4.78 is 0. The van der Waals surface area contributed by atoms with E-state index in [4.69, 9.17) is 5.21 Å². The van der Waals surface area contributed by atoms with Crippen LogP contribution in [0, 0.1) is 28.9 Å². The molecular formula is C15H13N2O4-. The van der Waals surface area contributed by atoms with Gasteiger partial charge in [0.25, 0.3) is 0 Å². The van der Waals surface area contributed by atoms with Gasteiger partial charge in [0, 0.05) is 0 Å². The molecule has 2 amide bonds. The van der Waals surface area contributed by atoms with E-state index in [0.29, 0.717) is 5.69 Å². The lowest BCUT2D eigenvalue weighted by molar-refractivity contribution is -0.123. The summed E-state index contributed by atoms with van der Waals surface area (Å²) in [7, 11) is 0. The van der Waals surface area contributed by atoms with E-state index < -0.39 is 0 Å². The Kier molecular flexibility index (Phi) is 2.49. The quantitative estimate of drug-likeness (QED) is 0.508. The van der Waals surface area contributed by atoms with Crippen molar-refractivity contribution in [3.8, 4) is 0 Å². The highest BCUT2D eigenvalue weighted by atomic mass is 16.8. The van der Waals surface area contributed by atoms with E-state index in [-0.39, 0.29) is 46.4 Å². The number of allylic oxidation sites excluding steroid dienone is 2. The van der Waals surface area contributed by atoms with Crippen LogP contribution in [0.2, 0.25) is 0 Å². The molecule has 1 saturated carbocycles. The third-order valence-electron chi connectivity index (χ3n) is 4.80. The molecule has 3 aliphatic rings. The molecule has 4 rings (SSSR count). The van der Waals surface area contributed by atoms with Crippen LogP contribution in [-0.2, 0) is 9.59 Å². The van der Waals surface area contributed by atoms with Gasteiger partial charge in [-0.1, -0.05) is 12.2 Å². The molecule has 6 heteroatoms. The fraction of sp³-hybridized carbons (Fsp3) is 0.333. The van der Waals surface area contributed by atoms with E-state index in [0.717, 1.165) is 6.42 Å². The predicted molar refractivity (Wildman–Crippen MR) is 74.3 cm³/mol. The Balaban J connectivity index is 1.68. The number of hydrogen-bond acceptors (Lipinski definition) is 5. The lowest BCUT2D eigenvalue weighted by Gasteiger charge is -2.23. The number of fused-ring (bicyclic) bond motifs is 5. The van der Waals surface area contributed by atoms with E-state index >= 15 is 0 Å². The molecule has 1 saturated heterocycles. The zero-order chi connectivity index (χ0) is 14.7. The average molecular weight is 285 g/mol. The summed E-state index contributed by atoms with van der Waals surface area (Å²) in [5.41, 5.74) is 0.504. The molecular weight excluding hydrogens is 272 g/mol. The summed E-state index contributed by atoms with van der Waals surface area (Å²) >= 11 is 0. The van der Waals surface area contributed by atoms with Crippen LogP contribution >= 0.6 is 0 Å². The van der Waals surface area contributed by atoms with Gasteiger partial charge in [0.2, 0.25) is 11.8 Å². The summed E-state index contributed by atoms with van der Waals surface area (Å²) in [4.78, 5) is 26.3. The molecule has 1 aliphatic heterocycles. The number of benzene rings is 1. The van der Waals surface area contributed by atoms with Crippen molar-refractivity contribution < 1.29 is 14.8 Å². The van der Waals surface area contributed by atoms with Crippen LogP contribution in [0.25, 0.3) is 0 Å². The molecule has 1 heterocycles. The van der Waals surface area contributed by atoms with Gasteiger partial charge in [-0.2, -0.15) is 0 Å². The third-order valence-corrected chi connectivity index (χ3v) is 4.80. The Morgan fingerprint density at radius 3 is 2.05 bits per heavy atom. The van der Waals surface area contributed by atoms with Crippen LogP contribution in [0.15, 0.2) is 36.4 Å². The van der Waals surface area contributed by atoms with Gasteiger partial charge in [0.05, 0.1) is 23.2 Å². The molecule has 2 bridgehead atoms. The van der Waals surface area contributed by atoms with Gasteiger partial charge < -0.3 is 10.4 Å². The average Bonchev–Trinajstić information content (AvgIpc) is 3.13. The van der Waals surface area contributed by atoms with Gasteiger partial charge >= 0.3 is 0 Å². The van der Waals surface area contributed by atoms with Gasteiger partial charge in [-0.05, 0) is 42.5 Å². The number of amides is 2. The van der Waals surface area contributed by atoms with Crippen LogP contribution < -0.4 is 10.1 Å². The van der Waals surface area contributed by atoms with Crippen molar-refractivity contribution in [1.82, 2.24) is 0 Å². The van der Waals surface area contributed by atoms with Crippen molar-refractivity contribution in [2.75, 3.05) is 10.1 Å². The highest BCUT2D eigenvalue weighted by molar-refractivity contribution is 6.22. The molecule has 1 aromatic rings. The molecule has 108 valence electrons. The predicted octanol–water partition coefficient (Wildman–Crippen LogP) is 1.69. The van der Waals surface area contributed by atoms with Crippen molar-refractivity contribution >= 4 is 23.2 Å². The normalized spacial score (nSPS) is 33.0. The van der Waals surface area contributed by atoms with Gasteiger partial charge in [0.15, 0.2) is 0 Å². The van der Waals surface area contributed by atoms with E-state index in [1.54, 1.807) is 0 Å². The Morgan fingerprint density at radius 1 is 1.05 bits per heavy atom. The Labute approximate surface area is 120 Å². The molecule has 2 aliphatic carbocycles. The third kappa shape index (κ3) is 1.60. The largest absolute Gasteiger partial charge is 0.733 e. The number of carbonyl (C=O) groups is 2. The lowest BCUT2D eigenvalue weighted by Crippen LogP contribution is -2.32. The Morgan fingerprint density at radius 2 is 1.57 bits per heavy atom. The first-order valence-electron chi connectivity index (χ1n) is 6.90. The maximum atomic E-state index is 12.6. The highest BCUT2D eigenvalue weighted by Gasteiger charge is 2.59. The van der Waals surface area contributed by atoms with Crippen LogP contribution in [-0.4, -0.2) is 17.0 Å². The minimum Gasteiger partial charge on any atom is -0.733 e. The van der Waals surface area contributed by atoms with E-state index in [2.05, 4.69) is 0 Å². The smallest absolute Gasteiger partial charge is 0.238 e. The van der Waals surface area contributed by atoms with Gasteiger partial charge in [-0.3, -0.25) is 19.7 Å². The first-order chi connectivity index (χ1) is 10.1. The molecule has 0 spiro atoms. The number of carbonyl (C=O) groups excluding carboxylic acids is 2. The van der Waals surface area contributed by atoms with E-state index in [1.165, 1.54) is 29.2 Å². The molecule has 4 atom stereocenters. The van der Waals surface area contributed by atoms with E-state index in [1.807, 2.05) is 12.2 Å². The summed E-state index contributed by atoms with van der Waals surface area (Å²) in [6, 6.07) is 5.76. The number of hydrogen-bond donors (Lipinski definition) is 1. The van der Waals surface area contributed by atoms with Crippen LogP contribution in [0.5, 0.6) is 0 Å². The molecule has 1 N–H and O–H groups in total. The van der Waals surface area contributed by atoms with Crippen molar-refractivity contribution in [3.05, 3.63) is 41.6 Å². The zero-order valence-electron chi connectivity index (χ0n) is 11.0. The fourth-order valence-corrected chi connectivity index (χ4v) is 3.89. The molecule has 2 fully saturated rings. The second kappa shape index (κ2) is 4.16. The van der Waals surface area contributed by atoms with Crippen LogP contribution in [0.3, 0.4) is 0 Å². The van der Waals surface area contributed by atoms with Crippen molar-refractivity contribution in [3.63, 3.8) is 0 Å². The minimum absolute atomic E-state index is 0.0553. The van der Waals surface area contributed by atoms with Gasteiger partial charge in [-0.15, -0.1) is 0 Å². The lowest BCUT2D eigenvalue weighted by atomic mass is 9.85. The zero-order valence-corrected chi connectivity index (χ0v) is 11.0. The minimum atomic E-state index is -0.254. The molecule has 6 nitrogen and oxygen atoms in total. The number of nitrogens with zero attached hydrogens (tertiary/aromatic N) is 2. The maximum Gasteiger partial charge on any atom is 0.238 e. The maximum absolute atomic E-state index is 12.6. The monoisotopic (exact) mass is 285 g/mol. The second-order valence-electron chi connectivity index (χ2n) is 5.80. The molecule has 21 heavy (non-hydrogen) atoms. The van der Waals surface area contributed by atoms with Gasteiger partial charge in [0.1, 0.15) is 0 Å². The highest BCUT2D eigenvalue weighted by Crippen LogP contribution is 2.53. The van der Waals surface area contributed by atoms with Crippen molar-refractivity contribution in [1.29, 1.82) is 0 Å². The summed E-state index contributed by atoms with van der Waals surface area (Å²) in [5.74, 6) is -0.428. The number of imide groups is 1. The summed E-state index contributed by atoms with van der Waals surface area (Å²) in [5, 5.41) is 19.3. The fourth-order valence-electron chi connectivity index (χ4n) is 3.89. The molecule has 0 radical (unpaired) electrons. The number of anilines is 2. The molecule has 0 aromatic heterocycles. The summed E-state index contributed by atoms with van der Waals surface area (Å²) in [6.07, 6.45) is 4.99. The second-order valence-corrected chi connectivity index (χ2v) is 5.80. The van der Waals surface area contributed by atoms with Crippen molar-refractivity contribution in [2.45, 2.75) is 6.42 Å². The standard InChI is InChI=1S/C15H13N2O4/c18-14-12-8-1-2-9(7-8)13(12)15(19)16(14)10-3-5-11(6-4-10)17(20)21/h1-6,8-9,12-13,20H,7H2/q-1/t8-,9-,12-,13+/m1/s1. The number of rotatable bonds is 2. The Hall–Kier alpha value is -2.18. The van der Waals surface area contributed by atoms with Crippen LogP contribution in [0.4, 0.5) is 11.4 Å². The van der Waals surface area contributed by atoms with Crippen LogP contribution in [0.1, 0.15) is 6.42 Å². The summed E-state index contributed by atoms with van der Waals surface area (Å²) in [6.45, 7) is 0. The molecule has 1 aromatic carbocycles. The molecule has 0 unspecified atom stereocenters.